The molecule has 0 N–H and O–H groups in total. The van der Waals surface area contributed by atoms with Crippen LogP contribution in [0.2, 0.25) is 0 Å². The largest absolute Gasteiger partial charge is 0.301 e. The van der Waals surface area contributed by atoms with Crippen molar-refractivity contribution in [1.82, 2.24) is 9.21 Å². The summed E-state index contributed by atoms with van der Waals surface area (Å²) in [6.07, 6.45) is 0.700. The molecule has 0 amide bonds. The van der Waals surface area contributed by atoms with Crippen molar-refractivity contribution in [3.63, 3.8) is 0 Å². The average Bonchev–Trinajstić information content (AvgIpc) is 2.54. The molecule has 4 nitrogen and oxygen atoms in total. The molecule has 1 aromatic rings. The first-order chi connectivity index (χ1) is 10.0. The second-order valence-electron chi connectivity index (χ2n) is 5.27. The fourth-order valence-electron chi connectivity index (χ4n) is 2.64. The van der Waals surface area contributed by atoms with Gasteiger partial charge >= 0.3 is 0 Å². The maximum atomic E-state index is 12.9. The van der Waals surface area contributed by atoms with E-state index in [-0.39, 0.29) is 0 Å². The molecule has 1 heterocycles. The van der Waals surface area contributed by atoms with Gasteiger partial charge < -0.3 is 4.90 Å². The van der Waals surface area contributed by atoms with Crippen molar-refractivity contribution in [2.45, 2.75) is 31.0 Å². The van der Waals surface area contributed by atoms with Crippen molar-refractivity contribution in [1.29, 1.82) is 0 Å². The van der Waals surface area contributed by atoms with Crippen LogP contribution in [0.25, 0.3) is 0 Å². The molecule has 2 rings (SSSR count). The normalized spacial score (nSPS) is 18.0. The van der Waals surface area contributed by atoms with E-state index in [1.807, 2.05) is 19.1 Å². The Labute approximate surface area is 132 Å². The predicted molar refractivity (Wildman–Crippen MR) is 86.2 cm³/mol. The van der Waals surface area contributed by atoms with E-state index >= 15 is 0 Å². The third-order valence-electron chi connectivity index (χ3n) is 4.06. The van der Waals surface area contributed by atoms with Crippen LogP contribution in [0.5, 0.6) is 0 Å². The molecule has 0 unspecified atom stereocenters. The van der Waals surface area contributed by atoms with Gasteiger partial charge in [-0.15, -0.1) is 11.6 Å². The van der Waals surface area contributed by atoms with E-state index < -0.39 is 10.0 Å². The number of hydrogen-bond donors (Lipinski definition) is 0. The first-order valence-corrected chi connectivity index (χ1v) is 9.40. The van der Waals surface area contributed by atoms with Gasteiger partial charge in [0.2, 0.25) is 10.0 Å². The second-order valence-corrected chi connectivity index (χ2v) is 7.44. The third-order valence-corrected chi connectivity index (χ3v) is 6.35. The van der Waals surface area contributed by atoms with Gasteiger partial charge in [0, 0.05) is 32.1 Å². The van der Waals surface area contributed by atoms with Gasteiger partial charge in [-0.1, -0.05) is 26.0 Å². The van der Waals surface area contributed by atoms with Crippen LogP contribution in [-0.2, 0) is 22.3 Å². The van der Waals surface area contributed by atoms with Crippen molar-refractivity contribution in [3.8, 4) is 0 Å². The summed E-state index contributed by atoms with van der Waals surface area (Å²) in [5, 5.41) is 0. The number of likely N-dealkylation sites (N-methyl/N-ethyl adjacent to an activating group) is 1. The van der Waals surface area contributed by atoms with E-state index in [1.54, 1.807) is 10.4 Å². The summed E-state index contributed by atoms with van der Waals surface area (Å²) in [6.45, 7) is 7.76. The maximum Gasteiger partial charge on any atom is 0.243 e. The van der Waals surface area contributed by atoms with Crippen molar-refractivity contribution in [2.24, 2.45) is 0 Å². The highest BCUT2D eigenvalue weighted by molar-refractivity contribution is 7.89. The predicted octanol–water partition coefficient (Wildman–Crippen LogP) is 2.31. The Morgan fingerprint density at radius 2 is 1.81 bits per heavy atom. The zero-order valence-electron chi connectivity index (χ0n) is 12.7. The van der Waals surface area contributed by atoms with Gasteiger partial charge in [0.15, 0.2) is 0 Å². The lowest BCUT2D eigenvalue weighted by Gasteiger charge is -2.33. The smallest absolute Gasteiger partial charge is 0.243 e. The van der Waals surface area contributed by atoms with Crippen LogP contribution in [0, 0.1) is 0 Å². The minimum atomic E-state index is -3.42. The Kier molecular flexibility index (Phi) is 5.66. The van der Waals surface area contributed by atoms with Crippen LogP contribution in [-0.4, -0.2) is 50.3 Å². The molecule has 1 saturated heterocycles. The minimum absolute atomic E-state index is 0.329. The Morgan fingerprint density at radius 3 is 2.33 bits per heavy atom. The van der Waals surface area contributed by atoms with E-state index in [9.17, 15) is 8.42 Å². The fraction of sp³-hybridized carbons (Fsp3) is 0.600. The number of piperazine rings is 1. The summed E-state index contributed by atoms with van der Waals surface area (Å²) >= 11 is 5.85. The summed E-state index contributed by atoms with van der Waals surface area (Å²) < 4.78 is 27.4. The molecule has 0 aromatic heterocycles. The van der Waals surface area contributed by atoms with Gasteiger partial charge in [-0.25, -0.2) is 8.42 Å². The maximum absolute atomic E-state index is 12.9. The van der Waals surface area contributed by atoms with Crippen molar-refractivity contribution < 1.29 is 8.42 Å². The second kappa shape index (κ2) is 7.09. The Morgan fingerprint density at radius 1 is 1.14 bits per heavy atom. The van der Waals surface area contributed by atoms with Gasteiger partial charge in [0.25, 0.3) is 0 Å². The summed E-state index contributed by atoms with van der Waals surface area (Å²) in [6, 6.07) is 5.51. The molecule has 21 heavy (non-hydrogen) atoms. The van der Waals surface area contributed by atoms with Gasteiger partial charge in [0.1, 0.15) is 0 Å². The molecule has 0 radical (unpaired) electrons. The van der Waals surface area contributed by atoms with Crippen LogP contribution in [0.3, 0.4) is 0 Å². The number of rotatable bonds is 5. The number of nitrogens with zero attached hydrogens (tertiary/aromatic N) is 2. The molecule has 1 aromatic carbocycles. The zero-order valence-corrected chi connectivity index (χ0v) is 14.3. The van der Waals surface area contributed by atoms with E-state index in [4.69, 9.17) is 11.6 Å². The number of benzene rings is 1. The van der Waals surface area contributed by atoms with Crippen LogP contribution in [0.4, 0.5) is 0 Å². The lowest BCUT2D eigenvalue weighted by molar-refractivity contribution is 0.196. The number of hydrogen-bond acceptors (Lipinski definition) is 3. The first-order valence-electron chi connectivity index (χ1n) is 7.43. The Balaban J connectivity index is 2.31. The number of aryl methyl sites for hydroxylation is 1. The molecule has 118 valence electrons. The molecule has 0 spiro atoms. The van der Waals surface area contributed by atoms with Gasteiger partial charge in [-0.3, -0.25) is 0 Å². The fourth-order valence-corrected chi connectivity index (χ4v) is 4.57. The summed E-state index contributed by atoms with van der Waals surface area (Å²) in [5.74, 6) is 0.329. The minimum Gasteiger partial charge on any atom is -0.301 e. The Bertz CT molecular complexity index is 581. The molecule has 1 aliphatic rings. The lowest BCUT2D eigenvalue weighted by atomic mass is 10.1. The molecular weight excluding hydrogens is 308 g/mol. The molecule has 0 saturated carbocycles. The van der Waals surface area contributed by atoms with Crippen LogP contribution in [0.1, 0.15) is 25.0 Å². The molecule has 0 bridgehead atoms. The van der Waals surface area contributed by atoms with Gasteiger partial charge in [-0.2, -0.15) is 4.31 Å². The molecule has 1 aliphatic heterocycles. The standard InChI is InChI=1S/C15H23ClN2O2S/c1-3-14-6-5-13(12-16)11-15(14)21(19,20)18-9-7-17(4-2)8-10-18/h5-6,11H,3-4,7-10,12H2,1-2H3. The summed E-state index contributed by atoms with van der Waals surface area (Å²) in [4.78, 5) is 2.69. The van der Waals surface area contributed by atoms with Crippen LogP contribution >= 0.6 is 11.6 Å². The monoisotopic (exact) mass is 330 g/mol. The zero-order chi connectivity index (χ0) is 15.5. The average molecular weight is 331 g/mol. The summed E-state index contributed by atoms with van der Waals surface area (Å²) in [5.41, 5.74) is 1.71. The quantitative estimate of drug-likeness (QED) is 0.778. The van der Waals surface area contributed by atoms with Crippen LogP contribution < -0.4 is 0 Å². The molecular formula is C15H23ClN2O2S. The highest BCUT2D eigenvalue weighted by Gasteiger charge is 2.29. The van der Waals surface area contributed by atoms with E-state index in [0.29, 0.717) is 30.3 Å². The molecule has 1 fully saturated rings. The number of sulfonamides is 1. The highest BCUT2D eigenvalue weighted by atomic mass is 35.5. The molecule has 0 aliphatic carbocycles. The highest BCUT2D eigenvalue weighted by Crippen LogP contribution is 2.24. The lowest BCUT2D eigenvalue weighted by Crippen LogP contribution is -2.48. The van der Waals surface area contributed by atoms with Gasteiger partial charge in [-0.05, 0) is 30.2 Å². The van der Waals surface area contributed by atoms with Crippen molar-refractivity contribution in [3.05, 3.63) is 29.3 Å². The third kappa shape index (κ3) is 3.59. The van der Waals surface area contributed by atoms with E-state index in [1.165, 1.54) is 0 Å². The van der Waals surface area contributed by atoms with E-state index in [0.717, 1.165) is 30.8 Å². The summed E-state index contributed by atoms with van der Waals surface area (Å²) in [7, 11) is -3.42. The SMILES string of the molecule is CCc1ccc(CCl)cc1S(=O)(=O)N1CCN(CC)CC1. The van der Waals surface area contributed by atoms with Crippen molar-refractivity contribution >= 4 is 21.6 Å². The Hall–Kier alpha value is -0.620. The topological polar surface area (TPSA) is 40.6 Å². The van der Waals surface area contributed by atoms with Gasteiger partial charge in [0.05, 0.1) is 4.90 Å². The number of halogens is 1. The van der Waals surface area contributed by atoms with Crippen molar-refractivity contribution in [2.75, 3.05) is 32.7 Å². The first kappa shape index (κ1) is 16.7. The number of alkyl halides is 1. The van der Waals surface area contributed by atoms with Crippen LogP contribution in [0.15, 0.2) is 23.1 Å². The molecule has 6 heteroatoms. The van der Waals surface area contributed by atoms with E-state index in [2.05, 4.69) is 11.8 Å². The molecule has 0 atom stereocenters.